The molecule has 22 heavy (non-hydrogen) atoms. The van der Waals surface area contributed by atoms with Crippen molar-refractivity contribution in [1.82, 2.24) is 0 Å². The summed E-state index contributed by atoms with van der Waals surface area (Å²) in [6, 6.07) is 8.25. The molecule has 0 fully saturated rings. The first-order chi connectivity index (χ1) is 10.3. The number of hydrogen-bond donors (Lipinski definition) is 0. The van der Waals surface area contributed by atoms with E-state index >= 15 is 0 Å². The van der Waals surface area contributed by atoms with Gasteiger partial charge in [0.1, 0.15) is 0 Å². The second-order valence-corrected chi connectivity index (χ2v) is 11.2. The highest BCUT2D eigenvalue weighted by atomic mass is 79.9. The molecule has 0 aromatic heterocycles. The minimum Gasteiger partial charge on any atom is -0.0822 e. The summed E-state index contributed by atoms with van der Waals surface area (Å²) in [6.45, 7) is 0. The maximum absolute atomic E-state index is 3.81. The normalized spacial score (nSPS) is 14.0. The van der Waals surface area contributed by atoms with Crippen molar-refractivity contribution in [2.75, 3.05) is 0 Å². The van der Waals surface area contributed by atoms with Crippen LogP contribution >= 0.6 is 127 Å². The van der Waals surface area contributed by atoms with Crippen LogP contribution in [0.3, 0.4) is 0 Å². The second-order valence-electron chi connectivity index (χ2n) is 4.33. The van der Waals surface area contributed by atoms with E-state index in [9.17, 15) is 0 Å². The van der Waals surface area contributed by atoms with Gasteiger partial charge in [-0.15, -0.1) is 0 Å². The molecule has 0 aliphatic heterocycles. The highest BCUT2D eigenvalue weighted by Crippen LogP contribution is 2.50. The Bertz CT molecular complexity index is 651. The summed E-state index contributed by atoms with van der Waals surface area (Å²) in [4.78, 5) is 0.186. The van der Waals surface area contributed by atoms with Gasteiger partial charge in [-0.2, -0.15) is 0 Å². The fourth-order valence-electron chi connectivity index (χ4n) is 1.82. The van der Waals surface area contributed by atoms with Crippen LogP contribution in [0.15, 0.2) is 51.1 Å². The molecule has 0 bridgehead atoms. The maximum Gasteiger partial charge on any atom is 0.0573 e. The summed E-state index contributed by atoms with van der Waals surface area (Å²) in [7, 11) is 0. The van der Waals surface area contributed by atoms with Crippen LogP contribution in [0.2, 0.25) is 0 Å². The number of alkyl halides is 2. The van der Waals surface area contributed by atoms with Crippen LogP contribution in [0.25, 0.3) is 0 Å². The monoisotopic (exact) mass is 805 g/mol. The molecule has 0 radical (unpaired) electrons. The van der Waals surface area contributed by atoms with Gasteiger partial charge >= 0.3 is 0 Å². The predicted octanol–water partition coefficient (Wildman–Crippen LogP) is 9.83. The molecule has 2 aromatic rings. The Morgan fingerprint density at radius 3 is 1.14 bits per heavy atom. The number of halogens is 8. The molecule has 2 rings (SSSR count). The van der Waals surface area contributed by atoms with Crippen molar-refractivity contribution < 1.29 is 0 Å². The minimum atomic E-state index is 0.0932. The Hall–Kier alpha value is 2.28. The van der Waals surface area contributed by atoms with E-state index in [1.165, 1.54) is 0 Å². The highest BCUT2D eigenvalue weighted by molar-refractivity contribution is 9.15. The Kier molecular flexibility index (Phi) is 8.22. The molecule has 2 aromatic carbocycles. The number of hydrogen-bond acceptors (Lipinski definition) is 0. The topological polar surface area (TPSA) is 0 Å². The van der Waals surface area contributed by atoms with Gasteiger partial charge in [0.15, 0.2) is 0 Å². The van der Waals surface area contributed by atoms with Crippen LogP contribution in [-0.2, 0) is 0 Å². The van der Waals surface area contributed by atoms with Gasteiger partial charge < -0.3 is 0 Å². The molecule has 0 saturated heterocycles. The molecule has 2 atom stereocenters. The lowest BCUT2D eigenvalue weighted by Gasteiger charge is -2.21. The van der Waals surface area contributed by atoms with Gasteiger partial charge in [0.05, 0.1) is 9.65 Å². The summed E-state index contributed by atoms with van der Waals surface area (Å²) in [5.74, 6) is 0. The summed E-state index contributed by atoms with van der Waals surface area (Å²) < 4.78 is 6.10. The lowest BCUT2D eigenvalue weighted by atomic mass is 10.0. The first kappa shape index (κ1) is 20.6. The fourth-order valence-corrected chi connectivity index (χ4v) is 6.87. The standard InChI is InChI=1S/C14H6Br8/c15-7-3-1-5(11(19)13(7)21)9(17)10(18)6-2-4-8(16)14(22)12(6)20/h1-4,9-10H. The van der Waals surface area contributed by atoms with Crippen LogP contribution in [0.5, 0.6) is 0 Å². The summed E-state index contributed by atoms with van der Waals surface area (Å²) in [5, 5.41) is 0. The summed E-state index contributed by atoms with van der Waals surface area (Å²) in [6.07, 6.45) is 0. The third kappa shape index (κ3) is 4.33. The molecular formula is C14H6Br8. The first-order valence-corrected chi connectivity index (χ1v) is 12.4. The Labute approximate surface area is 196 Å². The van der Waals surface area contributed by atoms with Gasteiger partial charge in [-0.25, -0.2) is 0 Å². The van der Waals surface area contributed by atoms with Crippen LogP contribution in [-0.4, -0.2) is 0 Å². The molecule has 0 aliphatic carbocycles. The zero-order chi connectivity index (χ0) is 16.6. The van der Waals surface area contributed by atoms with Crippen LogP contribution in [0.1, 0.15) is 20.8 Å². The van der Waals surface area contributed by atoms with E-state index in [1.54, 1.807) is 0 Å². The number of benzene rings is 2. The molecule has 0 N–H and O–H groups in total. The van der Waals surface area contributed by atoms with Crippen molar-refractivity contribution in [3.8, 4) is 0 Å². The summed E-state index contributed by atoms with van der Waals surface area (Å²) in [5.41, 5.74) is 2.31. The van der Waals surface area contributed by atoms with Gasteiger partial charge in [-0.05, 0) is 119 Å². The smallest absolute Gasteiger partial charge is 0.0573 e. The van der Waals surface area contributed by atoms with Gasteiger partial charge in [-0.3, -0.25) is 0 Å². The van der Waals surface area contributed by atoms with Crippen LogP contribution in [0.4, 0.5) is 0 Å². The molecule has 0 heterocycles. The highest BCUT2D eigenvalue weighted by Gasteiger charge is 2.25. The fraction of sp³-hybridized carbons (Fsp3) is 0.143. The average molecular weight is 813 g/mol. The van der Waals surface area contributed by atoms with Crippen molar-refractivity contribution in [3.63, 3.8) is 0 Å². The van der Waals surface area contributed by atoms with Crippen molar-refractivity contribution in [2.24, 2.45) is 0 Å². The van der Waals surface area contributed by atoms with E-state index in [1.807, 2.05) is 12.1 Å². The molecule has 0 saturated carbocycles. The quantitative estimate of drug-likeness (QED) is 0.214. The van der Waals surface area contributed by atoms with Gasteiger partial charge in [0.25, 0.3) is 0 Å². The SMILES string of the molecule is Brc1ccc(C(Br)C(Br)c2ccc(Br)c(Br)c2Br)c(Br)c1Br. The average Bonchev–Trinajstić information content (AvgIpc) is 2.49. The molecule has 0 spiro atoms. The maximum atomic E-state index is 3.81. The number of rotatable bonds is 3. The Balaban J connectivity index is 2.44. The minimum absolute atomic E-state index is 0.0932. The van der Waals surface area contributed by atoms with Gasteiger partial charge in [-0.1, -0.05) is 44.0 Å². The second kappa shape index (κ2) is 8.78. The van der Waals surface area contributed by atoms with Crippen LogP contribution < -0.4 is 0 Å². The van der Waals surface area contributed by atoms with Gasteiger partial charge in [0, 0.05) is 26.8 Å². The molecule has 0 nitrogen and oxygen atoms in total. The van der Waals surface area contributed by atoms with E-state index in [2.05, 4.69) is 140 Å². The molecular weight excluding hydrogens is 807 g/mol. The van der Waals surface area contributed by atoms with Crippen molar-refractivity contribution in [2.45, 2.75) is 9.65 Å². The molecule has 0 amide bonds. The lowest BCUT2D eigenvalue weighted by molar-refractivity contribution is 0.923. The van der Waals surface area contributed by atoms with Crippen molar-refractivity contribution in [1.29, 1.82) is 0 Å². The van der Waals surface area contributed by atoms with Crippen molar-refractivity contribution in [3.05, 3.63) is 62.2 Å². The van der Waals surface area contributed by atoms with E-state index < -0.39 is 0 Å². The molecule has 118 valence electrons. The molecule has 0 aliphatic rings. The van der Waals surface area contributed by atoms with E-state index in [0.717, 1.165) is 38.0 Å². The van der Waals surface area contributed by atoms with E-state index in [4.69, 9.17) is 0 Å². The Morgan fingerprint density at radius 1 is 0.500 bits per heavy atom. The largest absolute Gasteiger partial charge is 0.0822 e. The van der Waals surface area contributed by atoms with Gasteiger partial charge in [0.2, 0.25) is 0 Å². The van der Waals surface area contributed by atoms with Crippen LogP contribution in [0, 0.1) is 0 Å². The Morgan fingerprint density at radius 2 is 0.818 bits per heavy atom. The summed E-state index contributed by atoms with van der Waals surface area (Å²) >= 11 is 29.2. The predicted molar refractivity (Wildman–Crippen MR) is 122 cm³/mol. The van der Waals surface area contributed by atoms with E-state index in [0.29, 0.717) is 0 Å². The first-order valence-electron chi connectivity index (χ1n) is 5.80. The lowest BCUT2D eigenvalue weighted by Crippen LogP contribution is -2.02. The third-order valence-corrected chi connectivity index (χ3v) is 12.5. The molecule has 8 heteroatoms. The van der Waals surface area contributed by atoms with E-state index in [-0.39, 0.29) is 9.65 Å². The zero-order valence-corrected chi connectivity index (χ0v) is 23.2. The zero-order valence-electron chi connectivity index (χ0n) is 10.5. The van der Waals surface area contributed by atoms with Crippen molar-refractivity contribution >= 4 is 127 Å². The third-order valence-electron chi connectivity index (χ3n) is 2.98. The molecule has 2 unspecified atom stereocenters.